The molecule has 17 atom stereocenters. The van der Waals surface area contributed by atoms with Crippen LogP contribution >= 0.6 is 0 Å². The fraction of sp³-hybridized carbons (Fsp3) is 0.602. The molecule has 1 saturated heterocycles. The topological polar surface area (TPSA) is 775 Å². The first kappa shape index (κ1) is 122. The van der Waals surface area contributed by atoms with Crippen molar-refractivity contribution in [2.75, 3.05) is 19.7 Å². The maximum Gasteiger partial charge on any atom is 0.305 e. The lowest BCUT2D eigenvalue weighted by molar-refractivity contribution is -0.141. The van der Waals surface area contributed by atoms with Crippen molar-refractivity contribution < 1.29 is 131 Å². The van der Waals surface area contributed by atoms with Crippen LogP contribution in [0, 0.1) is 35.5 Å². The lowest BCUT2D eigenvalue weighted by Gasteiger charge is -2.30. The molecule has 2 unspecified atom stereocenters. The van der Waals surface area contributed by atoms with E-state index in [2.05, 4.69) is 95.0 Å². The first-order valence-electron chi connectivity index (χ1n) is 49.2. The number of aromatic hydroxyl groups is 1. The number of aliphatic hydroxyl groups is 2. The summed E-state index contributed by atoms with van der Waals surface area (Å²) < 4.78 is 0. The molecular formula is C98H147N21O27. The number of aliphatic hydroxyl groups excluding tert-OH is 2. The van der Waals surface area contributed by atoms with Crippen LogP contribution in [-0.4, -0.2) is 283 Å². The predicted molar refractivity (Wildman–Crippen MR) is 530 cm³/mol. The number of amides is 18. The number of aromatic nitrogens is 1. The Kier molecular flexibility index (Phi) is 51.2. The summed E-state index contributed by atoms with van der Waals surface area (Å²) >= 11 is 0. The molecule has 48 nitrogen and oxygen atoms in total. The van der Waals surface area contributed by atoms with Gasteiger partial charge in [-0.25, -0.2) is 0 Å². The summed E-state index contributed by atoms with van der Waals surface area (Å²) in [5.74, 6) is -26.6. The van der Waals surface area contributed by atoms with Crippen molar-refractivity contribution in [3.8, 4) is 5.75 Å². The SMILES string of the molecule is CC(=O)NC(CO)C(=O)N[C@H](C(=O)N[C@H](CC(C)C)C(=O)N[C@H](C(=O)N[C@@H](C(=O)N[C@@H](CC(C)C)C(=O)N[C@H](CC1=CCC=N1)C(=O)N[C@@H](CCC(N)=O)C(=O)N[C@H](CC(N)=O)C(=O)N[C@@H](Cc1c[nH]c2ccccc12)C(=O)N[C@@H](CC(C)C)C(=O)N[C@@H](CC(=O)O)C(=O)CCC(=O)N[C@@H](CCCCN)C(=O)C[C@H](CCC(=O)O)C(=O)N[C@@H](Cc1ccc(O)cc1)C(=O)N[C@@H]1CCCCNC1=O)C(C)C)C(C)O)C(C)C. The summed E-state index contributed by atoms with van der Waals surface area (Å²) in [6.45, 7) is 18.3. The standard InChI is InChI=1S/C98H147N21O27/c1-49(2)38-67(88(136)109-66(46-81(131)132)75(124)31-33-79(128)106-63(23-15-17-35-99)76(125)43-57(27-34-80(129)130)85(133)110-70(41-56-25-28-60(123)29-26-56)90(138)107-64-24-16-18-36-103-86(64)134)111-91(139)71(42-58-47-104-62-22-14-13-21-61(58)62)112-93(141)73(45-78(101)127)114-87(135)65(30-32-77(100)126)108-92(140)72(44-59-20-19-37-102-59)113-89(137)68(39-50(3)4)115-97(145)83(53(9)10)118-98(146)84(54(11)121)119-94(142)69(40-51(5)6)116-96(144)82(52(7)8)117-95(143)74(48-120)105-55(12)122/h13-14,20-22,25-26,28-29,37,47,49-54,57,63-74,82-84,104,120-121,123H,15-19,23-24,27,30-36,38-46,48,99H2,1-12H3,(H2,100,126)(H2,101,127)(H,103,134)(H,105,122)(H,106,128)(H,107,138)(H,108,140)(H,109,136)(H,110,133)(H,111,139)(H,112,141)(H,113,137)(H,114,135)(H,115,145)(H,116,144)(H,117,143)(H,118,146)(H,119,142)(H,129,130)(H,131,132)/t54?,57-,63-,64+,65-,66-,67-,68-,69+,70-,71-,72+,73+,74?,82-,83+,84-/m0/s1. The van der Waals surface area contributed by atoms with E-state index in [0.29, 0.717) is 47.8 Å². The van der Waals surface area contributed by atoms with Gasteiger partial charge in [-0.3, -0.25) is 110 Å². The average molecular weight is 2050 g/mol. The van der Waals surface area contributed by atoms with E-state index in [0.717, 1.165) is 6.92 Å². The first-order chi connectivity index (χ1) is 68.8. The van der Waals surface area contributed by atoms with Crippen LogP contribution in [0.2, 0.25) is 0 Å². The molecule has 3 heterocycles. The normalized spacial score (nSPS) is 16.2. The molecule has 0 spiro atoms. The van der Waals surface area contributed by atoms with Crippen LogP contribution in [0.3, 0.4) is 0 Å². The number of H-pyrrole nitrogens is 1. The largest absolute Gasteiger partial charge is 0.508 e. The Labute approximate surface area is 846 Å². The number of phenolic OH excluding ortho intramolecular Hbond substituents is 1. The molecule has 1 fully saturated rings. The van der Waals surface area contributed by atoms with Crippen molar-refractivity contribution >= 4 is 147 Å². The van der Waals surface area contributed by atoms with Gasteiger partial charge >= 0.3 is 11.9 Å². The number of unbranched alkanes of at least 4 members (excludes halogenated alkanes) is 1. The Bertz CT molecular complexity index is 5130. The number of aliphatic imine (C=N–C) groups is 1. The number of ketones is 2. The number of nitrogens with one attached hydrogen (secondary N) is 17. The summed E-state index contributed by atoms with van der Waals surface area (Å²) in [6, 6.07) is -11.4. The molecule has 0 bridgehead atoms. The minimum absolute atomic E-state index is 0.0405. The third kappa shape index (κ3) is 42.6. The van der Waals surface area contributed by atoms with E-state index in [1.807, 2.05) is 0 Å². The summed E-state index contributed by atoms with van der Waals surface area (Å²) in [5.41, 5.74) is 18.7. The van der Waals surface area contributed by atoms with Gasteiger partial charge in [0.2, 0.25) is 106 Å². The van der Waals surface area contributed by atoms with E-state index in [4.69, 9.17) is 17.2 Å². The second-order valence-corrected chi connectivity index (χ2v) is 38.7. The fourth-order valence-corrected chi connectivity index (χ4v) is 16.2. The third-order valence-electron chi connectivity index (χ3n) is 24.0. The number of hydrogen-bond acceptors (Lipinski definition) is 27. The van der Waals surface area contributed by atoms with Gasteiger partial charge in [0.05, 0.1) is 37.6 Å². The predicted octanol–water partition coefficient (Wildman–Crippen LogP) is -2.64. The Morgan fingerprint density at radius 3 is 1.47 bits per heavy atom. The van der Waals surface area contributed by atoms with Crippen LogP contribution in [-0.2, 0) is 118 Å². The smallest absolute Gasteiger partial charge is 0.305 e. The number of primary amides is 2. The van der Waals surface area contributed by atoms with E-state index in [1.165, 1.54) is 57.4 Å². The third-order valence-corrected chi connectivity index (χ3v) is 24.0. The van der Waals surface area contributed by atoms with E-state index in [-0.39, 0.29) is 75.3 Å². The van der Waals surface area contributed by atoms with Gasteiger partial charge in [-0.2, -0.15) is 0 Å². The van der Waals surface area contributed by atoms with Crippen molar-refractivity contribution in [2.24, 2.45) is 57.7 Å². The second kappa shape index (κ2) is 61.2. The lowest BCUT2D eigenvalue weighted by atomic mass is 9.91. The maximum absolute atomic E-state index is 15.1. The number of benzene rings is 2. The molecule has 0 saturated carbocycles. The van der Waals surface area contributed by atoms with Crippen molar-refractivity contribution in [1.29, 1.82) is 0 Å². The van der Waals surface area contributed by atoms with Crippen molar-refractivity contribution in [1.82, 2.24) is 90.1 Å². The molecule has 0 aliphatic carbocycles. The van der Waals surface area contributed by atoms with Gasteiger partial charge < -0.3 is 133 Å². The Morgan fingerprint density at radius 1 is 0.452 bits per heavy atom. The highest BCUT2D eigenvalue weighted by atomic mass is 16.4. The number of carboxylic acid groups (broad SMARTS) is 2. The first-order valence-corrected chi connectivity index (χ1v) is 49.2. The number of aromatic amines is 1. The van der Waals surface area contributed by atoms with E-state index < -0.39 is 333 Å². The number of rotatable bonds is 65. The van der Waals surface area contributed by atoms with Gasteiger partial charge in [0.15, 0.2) is 11.6 Å². The minimum atomic E-state index is -2.05. The molecule has 48 heteroatoms. The van der Waals surface area contributed by atoms with Crippen LogP contribution in [0.15, 0.2) is 71.5 Å². The van der Waals surface area contributed by atoms with Crippen LogP contribution in [0.5, 0.6) is 5.75 Å². The number of para-hydroxylation sites is 1. The molecule has 28 N–H and O–H groups in total. The number of fused-ring (bicyclic) bond motifs is 1. The zero-order valence-electron chi connectivity index (χ0n) is 84.6. The second-order valence-electron chi connectivity index (χ2n) is 38.7. The van der Waals surface area contributed by atoms with Crippen LogP contribution in [0.4, 0.5) is 0 Å². The summed E-state index contributed by atoms with van der Waals surface area (Å²) in [5, 5.41) is 91.8. The monoisotopic (exact) mass is 2050 g/mol. The fourth-order valence-electron chi connectivity index (χ4n) is 16.2. The summed E-state index contributed by atoms with van der Waals surface area (Å²) in [4.78, 5) is 313. The Balaban J connectivity index is 1.38. The molecule has 3 aromatic rings. The maximum atomic E-state index is 15.1. The quantitative estimate of drug-likeness (QED) is 0.0257. The highest BCUT2D eigenvalue weighted by molar-refractivity contribution is 6.03. The molecule has 18 amide bonds. The molecule has 2 aromatic carbocycles. The van der Waals surface area contributed by atoms with Gasteiger partial charge in [-0.05, 0) is 143 Å². The number of nitrogens with zero attached hydrogens (tertiary/aromatic N) is 1. The van der Waals surface area contributed by atoms with E-state index in [1.54, 1.807) is 85.7 Å². The van der Waals surface area contributed by atoms with Gasteiger partial charge in [-0.15, -0.1) is 0 Å². The van der Waals surface area contributed by atoms with E-state index in [9.17, 15) is 126 Å². The summed E-state index contributed by atoms with van der Waals surface area (Å²) in [7, 11) is 0. The van der Waals surface area contributed by atoms with Crippen molar-refractivity contribution in [2.45, 2.75) is 321 Å². The molecular weight excluding hydrogens is 1900 g/mol. The Hall–Kier alpha value is -14.2. The Morgan fingerprint density at radius 2 is 0.945 bits per heavy atom. The van der Waals surface area contributed by atoms with Gasteiger partial charge in [-0.1, -0.05) is 106 Å². The van der Waals surface area contributed by atoms with Crippen molar-refractivity contribution in [3.63, 3.8) is 0 Å². The van der Waals surface area contributed by atoms with Gasteiger partial charge in [0, 0.05) is 106 Å². The summed E-state index contributed by atoms with van der Waals surface area (Å²) in [6.07, 6.45) is -2.87. The molecule has 5 rings (SSSR count). The van der Waals surface area contributed by atoms with Crippen LogP contribution in [0.1, 0.15) is 223 Å². The van der Waals surface area contributed by atoms with Gasteiger partial charge in [0.1, 0.15) is 84.3 Å². The highest BCUT2D eigenvalue weighted by Crippen LogP contribution is 2.25. The van der Waals surface area contributed by atoms with Crippen molar-refractivity contribution in [3.05, 3.63) is 77.6 Å². The number of hydrogen-bond donors (Lipinski definition) is 25. The minimum Gasteiger partial charge on any atom is -0.508 e. The number of carboxylic acids is 2. The molecule has 2 aliphatic rings. The number of phenols is 1. The van der Waals surface area contributed by atoms with Crippen LogP contribution in [0.25, 0.3) is 10.9 Å². The van der Waals surface area contributed by atoms with Gasteiger partial charge in [0.25, 0.3) is 0 Å². The van der Waals surface area contributed by atoms with Crippen LogP contribution < -0.4 is 102 Å². The molecule has 0 radical (unpaired) electrons. The zero-order valence-corrected chi connectivity index (χ0v) is 84.6. The number of allylic oxidation sites excluding steroid dienone is 1. The molecule has 146 heavy (non-hydrogen) atoms. The molecule has 2 aliphatic heterocycles. The molecule has 806 valence electrons. The number of aliphatic carboxylic acids is 2. The highest BCUT2D eigenvalue weighted by Gasteiger charge is 2.42. The number of carbonyl (C=O) groups is 22. The number of nitrogens with two attached hydrogens (primary N) is 3. The zero-order chi connectivity index (χ0) is 109. The lowest BCUT2D eigenvalue weighted by Crippen LogP contribution is -2.63. The average Bonchev–Trinajstić information content (AvgIpc) is 1.67. The number of Topliss-reactive ketones (excluding diaryl/α,β-unsaturated/α-hetero) is 2. The molecule has 1 aromatic heterocycles. The number of carbonyl (C=O) groups excluding carboxylic acids is 20. The van der Waals surface area contributed by atoms with E-state index >= 15 is 4.79 Å².